The van der Waals surface area contributed by atoms with Crippen molar-refractivity contribution in [1.29, 1.82) is 0 Å². The van der Waals surface area contributed by atoms with Gasteiger partial charge in [-0.05, 0) is 112 Å². The van der Waals surface area contributed by atoms with E-state index in [2.05, 4.69) is 164 Å². The molecule has 4 heterocycles. The van der Waals surface area contributed by atoms with Crippen molar-refractivity contribution in [3.05, 3.63) is 187 Å². The Morgan fingerprint density at radius 2 is 0.879 bits per heavy atom. The number of hydrogen-bond acceptors (Lipinski definition) is 4. The number of hydrogen-bond donors (Lipinski definition) is 0. The summed E-state index contributed by atoms with van der Waals surface area (Å²) in [5.41, 5.74) is 15.5. The standard InChI is InChI=1S/C54H32O4/c1-3-8-31(9-4-1)35-14-22-47-43(29-35)51-49(55-47)24-18-39-41-27-37(16-20-45(41)57-53(39)51)33-12-7-13-34(26-33)38-17-21-46-42(28-38)40-19-25-50-52(54(40)58-46)44-30-36(15-23-48(44)56-50)32-10-5-2-6-11-32/h1-27,29-30,38H,28H2. The molecule has 0 aliphatic heterocycles. The molecule has 0 fully saturated rings. The molecule has 1 aliphatic carbocycles. The molecule has 8 aromatic carbocycles. The Labute approximate surface area is 331 Å². The molecule has 4 aromatic heterocycles. The van der Waals surface area contributed by atoms with Crippen LogP contribution in [0.25, 0.3) is 116 Å². The Balaban J connectivity index is 0.863. The van der Waals surface area contributed by atoms with Gasteiger partial charge < -0.3 is 17.7 Å². The molecule has 0 N–H and O–H groups in total. The minimum atomic E-state index is 0.205. The van der Waals surface area contributed by atoms with Gasteiger partial charge in [0.05, 0.1) is 10.8 Å². The third kappa shape index (κ3) is 4.69. The second-order valence-corrected chi connectivity index (χ2v) is 15.5. The highest BCUT2D eigenvalue weighted by Crippen LogP contribution is 2.45. The Morgan fingerprint density at radius 1 is 0.362 bits per heavy atom. The van der Waals surface area contributed by atoms with Crippen molar-refractivity contribution < 1.29 is 17.7 Å². The molecular weight excluding hydrogens is 713 g/mol. The third-order valence-corrected chi connectivity index (χ3v) is 12.3. The van der Waals surface area contributed by atoms with E-state index in [1.807, 2.05) is 12.1 Å². The second-order valence-electron chi connectivity index (χ2n) is 15.5. The molecule has 4 heteroatoms. The predicted octanol–water partition coefficient (Wildman–Crippen LogP) is 15.5. The van der Waals surface area contributed by atoms with Gasteiger partial charge in [0.2, 0.25) is 0 Å². The number of benzene rings is 8. The van der Waals surface area contributed by atoms with Crippen molar-refractivity contribution in [3.63, 3.8) is 0 Å². The predicted molar refractivity (Wildman–Crippen MR) is 236 cm³/mol. The zero-order valence-corrected chi connectivity index (χ0v) is 31.2. The molecule has 0 saturated carbocycles. The second kappa shape index (κ2) is 12.0. The first-order valence-corrected chi connectivity index (χ1v) is 19.8. The van der Waals surface area contributed by atoms with Crippen LogP contribution in [0.5, 0.6) is 0 Å². The van der Waals surface area contributed by atoms with Crippen molar-refractivity contribution in [2.75, 3.05) is 0 Å². The average molecular weight is 745 g/mol. The van der Waals surface area contributed by atoms with Crippen LogP contribution in [0, 0.1) is 0 Å². The number of rotatable bonds is 4. The maximum atomic E-state index is 6.67. The van der Waals surface area contributed by atoms with Crippen LogP contribution in [0.15, 0.2) is 188 Å². The van der Waals surface area contributed by atoms with E-state index in [-0.39, 0.29) is 5.92 Å². The highest BCUT2D eigenvalue weighted by Gasteiger charge is 2.25. The summed E-state index contributed by atoms with van der Waals surface area (Å²) in [7, 11) is 0. The normalized spacial score (nSPS) is 14.2. The van der Waals surface area contributed by atoms with Crippen LogP contribution < -0.4 is 0 Å². The van der Waals surface area contributed by atoms with Gasteiger partial charge >= 0.3 is 0 Å². The summed E-state index contributed by atoms with van der Waals surface area (Å²) < 4.78 is 26.0. The van der Waals surface area contributed by atoms with E-state index in [9.17, 15) is 0 Å². The molecule has 0 radical (unpaired) electrons. The summed E-state index contributed by atoms with van der Waals surface area (Å²) in [6.07, 6.45) is 5.30. The van der Waals surface area contributed by atoms with Crippen LogP contribution in [0.3, 0.4) is 0 Å². The molecule has 58 heavy (non-hydrogen) atoms. The quantitative estimate of drug-likeness (QED) is 0.180. The lowest BCUT2D eigenvalue weighted by atomic mass is 9.85. The van der Waals surface area contributed by atoms with E-state index >= 15 is 0 Å². The monoisotopic (exact) mass is 744 g/mol. The van der Waals surface area contributed by atoms with Gasteiger partial charge in [-0.25, -0.2) is 0 Å². The van der Waals surface area contributed by atoms with Gasteiger partial charge in [0, 0.05) is 38.4 Å². The fraction of sp³-hybridized carbons (Fsp3) is 0.0370. The SMILES string of the molecule is C1=CC(c2cccc(-c3ccc4oc5c(ccc6oc7ccc(-c8ccccc8)cc7c65)c4c3)c2)Cc2c1oc1c2ccc2oc3ccc(-c4ccccc4)cc3c21. The summed E-state index contributed by atoms with van der Waals surface area (Å²) in [6.45, 7) is 0. The van der Waals surface area contributed by atoms with E-state index in [4.69, 9.17) is 17.7 Å². The lowest BCUT2D eigenvalue weighted by Crippen LogP contribution is -2.04. The molecule has 272 valence electrons. The molecule has 4 nitrogen and oxygen atoms in total. The van der Waals surface area contributed by atoms with Crippen molar-refractivity contribution in [2.24, 2.45) is 0 Å². The van der Waals surface area contributed by atoms with E-state index in [0.29, 0.717) is 0 Å². The maximum absolute atomic E-state index is 6.67. The van der Waals surface area contributed by atoms with Gasteiger partial charge in [-0.1, -0.05) is 109 Å². The van der Waals surface area contributed by atoms with Gasteiger partial charge in [-0.3, -0.25) is 0 Å². The van der Waals surface area contributed by atoms with Crippen molar-refractivity contribution in [1.82, 2.24) is 0 Å². The van der Waals surface area contributed by atoms with Crippen LogP contribution in [-0.2, 0) is 6.42 Å². The first kappa shape index (κ1) is 31.6. The maximum Gasteiger partial charge on any atom is 0.147 e. The summed E-state index contributed by atoms with van der Waals surface area (Å²) in [4.78, 5) is 0. The first-order valence-electron chi connectivity index (χ1n) is 19.8. The van der Waals surface area contributed by atoms with Crippen LogP contribution >= 0.6 is 0 Å². The lowest BCUT2D eigenvalue weighted by molar-refractivity contribution is 0.594. The van der Waals surface area contributed by atoms with Crippen LogP contribution in [0.4, 0.5) is 0 Å². The fourth-order valence-electron chi connectivity index (χ4n) is 9.39. The van der Waals surface area contributed by atoms with Crippen molar-refractivity contribution in [3.8, 4) is 33.4 Å². The highest BCUT2D eigenvalue weighted by molar-refractivity contribution is 6.23. The molecule has 1 aliphatic rings. The minimum absolute atomic E-state index is 0.205. The van der Waals surface area contributed by atoms with Gasteiger partial charge in [0.15, 0.2) is 0 Å². The molecule has 0 bridgehead atoms. The minimum Gasteiger partial charge on any atom is -0.456 e. The largest absolute Gasteiger partial charge is 0.456 e. The highest BCUT2D eigenvalue weighted by atomic mass is 16.4. The smallest absolute Gasteiger partial charge is 0.147 e. The molecular formula is C54H32O4. The van der Waals surface area contributed by atoms with Gasteiger partial charge in [-0.15, -0.1) is 0 Å². The van der Waals surface area contributed by atoms with Gasteiger partial charge in [0.25, 0.3) is 0 Å². The van der Waals surface area contributed by atoms with Gasteiger partial charge in [0.1, 0.15) is 44.8 Å². The molecule has 0 saturated heterocycles. The lowest BCUT2D eigenvalue weighted by Gasteiger charge is -2.18. The fourth-order valence-corrected chi connectivity index (χ4v) is 9.39. The molecule has 1 atom stereocenters. The number of allylic oxidation sites excluding steroid dienone is 1. The summed E-state index contributed by atoms with van der Waals surface area (Å²) in [5, 5.41) is 7.50. The van der Waals surface area contributed by atoms with Gasteiger partial charge in [-0.2, -0.15) is 0 Å². The van der Waals surface area contributed by atoms with Crippen LogP contribution in [-0.4, -0.2) is 0 Å². The van der Waals surface area contributed by atoms with E-state index in [1.54, 1.807) is 0 Å². The van der Waals surface area contributed by atoms with Crippen molar-refractivity contribution >= 4 is 82.9 Å². The number of fused-ring (bicyclic) bond motifs is 14. The summed E-state index contributed by atoms with van der Waals surface area (Å²) in [6, 6.07) is 57.8. The Morgan fingerprint density at radius 3 is 1.53 bits per heavy atom. The topological polar surface area (TPSA) is 52.6 Å². The first-order chi connectivity index (χ1) is 28.7. The summed E-state index contributed by atoms with van der Waals surface area (Å²) in [5.74, 6) is 1.13. The molecule has 13 rings (SSSR count). The Bertz CT molecular complexity index is 3650. The third-order valence-electron chi connectivity index (χ3n) is 12.3. The Hall–Kier alpha value is -7.56. The van der Waals surface area contributed by atoms with Crippen LogP contribution in [0.2, 0.25) is 0 Å². The van der Waals surface area contributed by atoms with E-state index in [1.165, 1.54) is 27.8 Å². The van der Waals surface area contributed by atoms with Crippen molar-refractivity contribution in [2.45, 2.75) is 12.3 Å². The Kier molecular flexibility index (Phi) is 6.53. The zero-order valence-electron chi connectivity index (χ0n) is 31.2. The molecule has 12 aromatic rings. The molecule has 0 spiro atoms. The molecule has 1 unspecified atom stereocenters. The number of furan rings is 4. The van der Waals surface area contributed by atoms with E-state index in [0.717, 1.165) is 106 Å². The molecule has 0 amide bonds. The summed E-state index contributed by atoms with van der Waals surface area (Å²) >= 11 is 0. The van der Waals surface area contributed by atoms with E-state index < -0.39 is 0 Å². The zero-order chi connectivity index (χ0) is 37.9. The average Bonchev–Trinajstić information content (AvgIpc) is 4.05. The van der Waals surface area contributed by atoms with Crippen LogP contribution in [0.1, 0.15) is 22.8 Å².